The fraction of sp³-hybridized carbons (Fsp3) is 0.429. The monoisotopic (exact) mass is 393 g/mol. The summed E-state index contributed by atoms with van der Waals surface area (Å²) in [5.74, 6) is 1.32. The highest BCUT2D eigenvalue weighted by molar-refractivity contribution is 5.88. The Hall–Kier alpha value is -3.16. The predicted octanol–water partition coefficient (Wildman–Crippen LogP) is 3.73. The summed E-state index contributed by atoms with van der Waals surface area (Å²) >= 11 is 0. The molecule has 0 fully saturated rings. The number of amides is 1. The molecule has 4 rings (SSSR count). The molecule has 3 aromatic heterocycles. The molecule has 152 valence electrons. The van der Waals surface area contributed by atoms with E-state index in [0.29, 0.717) is 5.82 Å². The minimum absolute atomic E-state index is 0.122. The van der Waals surface area contributed by atoms with Gasteiger partial charge < -0.3 is 10.6 Å². The summed E-state index contributed by atoms with van der Waals surface area (Å²) in [7, 11) is 0. The van der Waals surface area contributed by atoms with Crippen LogP contribution in [0.4, 0.5) is 11.6 Å². The number of hydrogen-bond donors (Lipinski definition) is 2. The standard InChI is InChI=1S/C21H27N7O/c1-5-13(3)28-21-16(9-10-27-17(21)11-19(25-27)24-14(4)29)20(26-28)15-7-8-18(22-6-2)23-12-15/h7-8,11-13H,5-6,9-10H2,1-4H3,(H,22,23)(H,24,25,29). The number of carbonyl (C=O) groups is 1. The molecule has 1 atom stereocenters. The van der Waals surface area contributed by atoms with Crippen molar-refractivity contribution in [3.63, 3.8) is 0 Å². The number of rotatable bonds is 6. The van der Waals surface area contributed by atoms with Gasteiger partial charge in [-0.1, -0.05) is 6.92 Å². The zero-order valence-electron chi connectivity index (χ0n) is 17.4. The van der Waals surface area contributed by atoms with Crippen LogP contribution in [0.25, 0.3) is 22.6 Å². The summed E-state index contributed by atoms with van der Waals surface area (Å²) in [5.41, 5.74) is 5.28. The van der Waals surface area contributed by atoms with Crippen LogP contribution < -0.4 is 10.6 Å². The Morgan fingerprint density at radius 2 is 2.07 bits per heavy atom. The van der Waals surface area contributed by atoms with Gasteiger partial charge in [0.1, 0.15) is 5.82 Å². The van der Waals surface area contributed by atoms with Gasteiger partial charge in [0.15, 0.2) is 5.82 Å². The lowest BCUT2D eigenvalue weighted by Crippen LogP contribution is -2.16. The summed E-state index contributed by atoms with van der Waals surface area (Å²) in [6.07, 6.45) is 3.69. The Balaban J connectivity index is 1.83. The van der Waals surface area contributed by atoms with Crippen LogP contribution in [0.3, 0.4) is 0 Å². The van der Waals surface area contributed by atoms with Gasteiger partial charge >= 0.3 is 0 Å². The van der Waals surface area contributed by atoms with Crippen LogP contribution in [0.1, 0.15) is 45.7 Å². The molecule has 8 heteroatoms. The van der Waals surface area contributed by atoms with Crippen LogP contribution in [0.2, 0.25) is 0 Å². The lowest BCUT2D eigenvalue weighted by Gasteiger charge is -2.19. The lowest BCUT2D eigenvalue weighted by molar-refractivity contribution is -0.114. The molecule has 1 aliphatic rings. The molecule has 0 aromatic carbocycles. The van der Waals surface area contributed by atoms with Gasteiger partial charge in [-0.05, 0) is 38.8 Å². The van der Waals surface area contributed by atoms with Gasteiger partial charge in [0, 0.05) is 49.4 Å². The number of carbonyl (C=O) groups excluding carboxylic acids is 1. The molecule has 1 amide bonds. The first-order valence-corrected chi connectivity index (χ1v) is 10.2. The normalized spacial score (nSPS) is 13.5. The van der Waals surface area contributed by atoms with Crippen LogP contribution in [0.15, 0.2) is 24.4 Å². The molecular weight excluding hydrogens is 366 g/mol. The quantitative estimate of drug-likeness (QED) is 0.666. The SMILES string of the molecule is CCNc1ccc(-c2nn(C(C)CC)c3c2CCn2nc(NC(C)=O)cc2-3)cn1. The number of fused-ring (bicyclic) bond motifs is 3. The van der Waals surface area contributed by atoms with Crippen molar-refractivity contribution in [2.45, 2.75) is 53.1 Å². The zero-order valence-corrected chi connectivity index (χ0v) is 17.4. The third-order valence-electron chi connectivity index (χ3n) is 5.31. The third-order valence-corrected chi connectivity index (χ3v) is 5.31. The van der Waals surface area contributed by atoms with Crippen molar-refractivity contribution in [2.75, 3.05) is 17.2 Å². The Bertz CT molecular complexity index is 1030. The molecule has 1 aliphatic heterocycles. The Morgan fingerprint density at radius 3 is 2.72 bits per heavy atom. The van der Waals surface area contributed by atoms with E-state index in [4.69, 9.17) is 5.10 Å². The van der Waals surface area contributed by atoms with E-state index in [1.807, 2.05) is 23.0 Å². The minimum Gasteiger partial charge on any atom is -0.370 e. The van der Waals surface area contributed by atoms with Crippen molar-refractivity contribution >= 4 is 17.5 Å². The van der Waals surface area contributed by atoms with E-state index in [0.717, 1.165) is 54.4 Å². The molecule has 8 nitrogen and oxygen atoms in total. The molecule has 0 saturated carbocycles. The second-order valence-corrected chi connectivity index (χ2v) is 7.41. The minimum atomic E-state index is -0.122. The molecule has 0 radical (unpaired) electrons. The first kappa shape index (κ1) is 19.2. The highest BCUT2D eigenvalue weighted by Crippen LogP contribution is 2.39. The van der Waals surface area contributed by atoms with Crippen molar-refractivity contribution in [1.82, 2.24) is 24.5 Å². The number of nitrogens with zero attached hydrogens (tertiary/aromatic N) is 5. The average molecular weight is 393 g/mol. The first-order chi connectivity index (χ1) is 14.0. The summed E-state index contributed by atoms with van der Waals surface area (Å²) in [6, 6.07) is 6.26. The van der Waals surface area contributed by atoms with Crippen molar-refractivity contribution in [3.8, 4) is 22.6 Å². The molecule has 4 heterocycles. The number of aryl methyl sites for hydroxylation is 1. The van der Waals surface area contributed by atoms with Crippen molar-refractivity contribution in [3.05, 3.63) is 30.0 Å². The molecule has 2 N–H and O–H groups in total. The second kappa shape index (κ2) is 7.69. The van der Waals surface area contributed by atoms with Gasteiger partial charge in [-0.15, -0.1) is 0 Å². The van der Waals surface area contributed by atoms with Gasteiger partial charge in [-0.25, -0.2) is 4.98 Å². The Labute approximate surface area is 170 Å². The highest BCUT2D eigenvalue weighted by atomic mass is 16.1. The van der Waals surface area contributed by atoms with Crippen molar-refractivity contribution < 1.29 is 4.79 Å². The van der Waals surface area contributed by atoms with E-state index in [1.165, 1.54) is 12.5 Å². The topological polar surface area (TPSA) is 89.7 Å². The smallest absolute Gasteiger partial charge is 0.222 e. The van der Waals surface area contributed by atoms with Crippen LogP contribution in [-0.2, 0) is 17.8 Å². The number of anilines is 2. The molecular formula is C21H27N7O. The van der Waals surface area contributed by atoms with Crippen LogP contribution in [-0.4, -0.2) is 37.0 Å². The van der Waals surface area contributed by atoms with E-state index >= 15 is 0 Å². The van der Waals surface area contributed by atoms with Gasteiger partial charge in [-0.2, -0.15) is 10.2 Å². The zero-order chi connectivity index (χ0) is 20.5. The summed E-state index contributed by atoms with van der Waals surface area (Å²) in [4.78, 5) is 16.0. The number of nitrogens with one attached hydrogen (secondary N) is 2. The predicted molar refractivity (Wildman–Crippen MR) is 114 cm³/mol. The maximum absolute atomic E-state index is 11.5. The first-order valence-electron chi connectivity index (χ1n) is 10.2. The van der Waals surface area contributed by atoms with Crippen molar-refractivity contribution in [2.24, 2.45) is 0 Å². The summed E-state index contributed by atoms with van der Waals surface area (Å²) in [6.45, 7) is 9.48. The van der Waals surface area contributed by atoms with Gasteiger partial charge in [0.05, 0.1) is 17.1 Å². The van der Waals surface area contributed by atoms with Gasteiger partial charge in [0.2, 0.25) is 5.91 Å². The molecule has 0 spiro atoms. The molecule has 29 heavy (non-hydrogen) atoms. The number of pyridine rings is 1. The van der Waals surface area contributed by atoms with Gasteiger partial charge in [0.25, 0.3) is 0 Å². The van der Waals surface area contributed by atoms with Gasteiger partial charge in [-0.3, -0.25) is 14.2 Å². The third kappa shape index (κ3) is 3.50. The molecule has 3 aromatic rings. The Morgan fingerprint density at radius 1 is 1.24 bits per heavy atom. The molecule has 1 unspecified atom stereocenters. The molecule has 0 bridgehead atoms. The molecule has 0 aliphatic carbocycles. The van der Waals surface area contributed by atoms with Crippen LogP contribution in [0.5, 0.6) is 0 Å². The number of hydrogen-bond acceptors (Lipinski definition) is 5. The fourth-order valence-corrected chi connectivity index (χ4v) is 3.76. The van der Waals surface area contributed by atoms with Crippen LogP contribution >= 0.6 is 0 Å². The number of aromatic nitrogens is 5. The summed E-state index contributed by atoms with van der Waals surface area (Å²) < 4.78 is 4.07. The van der Waals surface area contributed by atoms with Crippen molar-refractivity contribution in [1.29, 1.82) is 0 Å². The molecule has 0 saturated heterocycles. The van der Waals surface area contributed by atoms with E-state index in [9.17, 15) is 4.79 Å². The van der Waals surface area contributed by atoms with Crippen LogP contribution in [0, 0.1) is 0 Å². The average Bonchev–Trinajstić information content (AvgIpc) is 3.28. The fourth-order valence-electron chi connectivity index (χ4n) is 3.76. The van der Waals surface area contributed by atoms with E-state index < -0.39 is 0 Å². The van der Waals surface area contributed by atoms with E-state index in [-0.39, 0.29) is 11.9 Å². The maximum Gasteiger partial charge on any atom is 0.222 e. The second-order valence-electron chi connectivity index (χ2n) is 7.41. The summed E-state index contributed by atoms with van der Waals surface area (Å²) in [5, 5.41) is 15.6. The largest absolute Gasteiger partial charge is 0.370 e. The van der Waals surface area contributed by atoms with E-state index in [2.05, 4.69) is 52.2 Å². The highest BCUT2D eigenvalue weighted by Gasteiger charge is 2.29. The lowest BCUT2D eigenvalue weighted by atomic mass is 10.00. The Kier molecular flexibility index (Phi) is 5.08. The maximum atomic E-state index is 11.5. The van der Waals surface area contributed by atoms with E-state index in [1.54, 1.807) is 0 Å².